The van der Waals surface area contributed by atoms with Crippen molar-refractivity contribution in [3.63, 3.8) is 0 Å². The molecule has 0 unspecified atom stereocenters. The van der Waals surface area contributed by atoms with E-state index in [9.17, 15) is 13.6 Å². The average Bonchev–Trinajstić information content (AvgIpc) is 3.12. The van der Waals surface area contributed by atoms with Crippen LogP contribution in [0.5, 0.6) is 0 Å². The van der Waals surface area contributed by atoms with Crippen molar-refractivity contribution in [2.45, 2.75) is 25.3 Å². The summed E-state index contributed by atoms with van der Waals surface area (Å²) in [5.74, 6) is 3.75. The van der Waals surface area contributed by atoms with Crippen molar-refractivity contribution in [2.24, 2.45) is 0 Å². The minimum atomic E-state index is -0.675. The van der Waals surface area contributed by atoms with E-state index in [1.165, 1.54) is 16.8 Å². The maximum Gasteiger partial charge on any atom is 0.296 e. The van der Waals surface area contributed by atoms with Crippen molar-refractivity contribution >= 4 is 5.91 Å². The first-order valence-electron chi connectivity index (χ1n) is 9.01. The van der Waals surface area contributed by atoms with Crippen molar-refractivity contribution in [2.75, 3.05) is 0 Å². The highest BCUT2D eigenvalue weighted by Gasteiger charge is 2.26. The summed E-state index contributed by atoms with van der Waals surface area (Å²) in [6, 6.07) is 12.4. The van der Waals surface area contributed by atoms with Gasteiger partial charge in [0, 0.05) is 28.8 Å². The molecular weight excluding hydrogens is 360 g/mol. The maximum absolute atomic E-state index is 14.2. The second-order valence-electron chi connectivity index (χ2n) is 6.59. The molecule has 1 heterocycles. The first-order valence-corrected chi connectivity index (χ1v) is 9.01. The third-order valence-corrected chi connectivity index (χ3v) is 4.72. The molecule has 3 aromatic rings. The molecule has 4 nitrogen and oxygen atoms in total. The lowest BCUT2D eigenvalue weighted by molar-refractivity contribution is -0.116. The molecule has 0 saturated carbocycles. The van der Waals surface area contributed by atoms with Gasteiger partial charge in [-0.3, -0.25) is 4.79 Å². The third kappa shape index (κ3) is 3.65. The largest absolute Gasteiger partial charge is 0.338 e. The number of carbonyl (C=O) groups is 1. The fourth-order valence-corrected chi connectivity index (χ4v) is 3.41. The van der Waals surface area contributed by atoms with E-state index in [0.29, 0.717) is 6.42 Å². The molecule has 6 heteroatoms. The Hall–Kier alpha value is -3.46. The summed E-state index contributed by atoms with van der Waals surface area (Å²) in [5.41, 5.74) is 2.61. The Balaban J connectivity index is 1.56. The monoisotopic (exact) mass is 377 g/mol. The van der Waals surface area contributed by atoms with E-state index < -0.39 is 11.6 Å². The number of aromatic nitrogens is 2. The lowest BCUT2D eigenvalue weighted by atomic mass is 9.93. The maximum atomic E-state index is 14.2. The molecule has 0 bridgehead atoms. The van der Waals surface area contributed by atoms with Crippen LogP contribution in [0.1, 0.15) is 35.7 Å². The summed E-state index contributed by atoms with van der Waals surface area (Å²) >= 11 is 0. The highest BCUT2D eigenvalue weighted by atomic mass is 19.1. The van der Waals surface area contributed by atoms with Crippen LogP contribution in [-0.4, -0.2) is 15.7 Å². The fraction of sp³-hybridized carbons (Fsp3) is 0.182. The predicted octanol–water partition coefficient (Wildman–Crippen LogP) is 3.70. The van der Waals surface area contributed by atoms with E-state index in [1.807, 2.05) is 30.3 Å². The number of nitrogens with zero attached hydrogens (tertiary/aromatic N) is 2. The summed E-state index contributed by atoms with van der Waals surface area (Å²) < 4.78 is 28.8. The number of nitrogens with one attached hydrogen (secondary N) is 1. The van der Waals surface area contributed by atoms with E-state index in [2.05, 4.69) is 22.3 Å². The van der Waals surface area contributed by atoms with E-state index >= 15 is 0 Å². The first kappa shape index (κ1) is 17.9. The van der Waals surface area contributed by atoms with E-state index in [-0.39, 0.29) is 17.6 Å². The molecular formula is C22H17F2N3O. The quantitative estimate of drug-likeness (QED) is 0.693. The second-order valence-corrected chi connectivity index (χ2v) is 6.59. The number of carbonyl (C=O) groups excluding carboxylic acids is 1. The molecule has 4 rings (SSSR count). The number of halogens is 2. The molecule has 1 aliphatic carbocycles. The highest BCUT2D eigenvalue weighted by molar-refractivity contribution is 5.94. The second kappa shape index (κ2) is 7.65. The molecule has 1 aromatic heterocycles. The van der Waals surface area contributed by atoms with E-state index in [0.717, 1.165) is 35.7 Å². The van der Waals surface area contributed by atoms with Gasteiger partial charge in [-0.1, -0.05) is 24.1 Å². The predicted molar refractivity (Wildman–Crippen MR) is 101 cm³/mol. The number of amides is 1. The fourth-order valence-electron chi connectivity index (χ4n) is 3.41. The zero-order valence-corrected chi connectivity index (χ0v) is 15.0. The number of rotatable bonds is 2. The van der Waals surface area contributed by atoms with Crippen LogP contribution in [0.2, 0.25) is 0 Å². The summed E-state index contributed by atoms with van der Waals surface area (Å²) in [4.78, 5) is 12.2. The van der Waals surface area contributed by atoms with Gasteiger partial charge in [-0.15, -0.1) is 0 Å². The Labute approximate surface area is 161 Å². The molecule has 1 N–H and O–H groups in total. The minimum absolute atomic E-state index is 0.193. The van der Waals surface area contributed by atoms with Crippen molar-refractivity contribution in [3.8, 4) is 17.5 Å². The average molecular weight is 377 g/mol. The van der Waals surface area contributed by atoms with Gasteiger partial charge in [0.1, 0.15) is 11.5 Å². The number of fused-ring (bicyclic) bond motifs is 1. The molecule has 2 aromatic carbocycles. The zero-order valence-electron chi connectivity index (χ0n) is 15.0. The number of hydrogen-bond donors (Lipinski definition) is 1. The Morgan fingerprint density at radius 2 is 2.00 bits per heavy atom. The van der Waals surface area contributed by atoms with Gasteiger partial charge in [0.25, 0.3) is 5.91 Å². The normalized spacial score (nSPS) is 15.3. The van der Waals surface area contributed by atoms with Crippen molar-refractivity contribution in [3.05, 3.63) is 83.2 Å². The third-order valence-electron chi connectivity index (χ3n) is 4.72. The van der Waals surface area contributed by atoms with Crippen molar-refractivity contribution in [1.29, 1.82) is 0 Å². The van der Waals surface area contributed by atoms with Gasteiger partial charge in [-0.25, -0.2) is 13.5 Å². The van der Waals surface area contributed by atoms with Crippen molar-refractivity contribution < 1.29 is 13.6 Å². The van der Waals surface area contributed by atoms with Gasteiger partial charge in [0.15, 0.2) is 5.82 Å². The van der Waals surface area contributed by atoms with Gasteiger partial charge < -0.3 is 5.32 Å². The Morgan fingerprint density at radius 3 is 2.79 bits per heavy atom. The standard InChI is InChI=1S/C22H17F2N3O/c23-16-10-11-21(18(24)13-16)27-20-8-4-7-19(17(20)14-25-27)26-22(28)12-9-15-5-2-1-3-6-15/h1-3,5-6,10-11,13-14,19H,4,7-8H2,(H,26,28)/t19-/m0/s1. The molecule has 0 radical (unpaired) electrons. The van der Waals surface area contributed by atoms with Crippen LogP contribution in [0, 0.1) is 23.5 Å². The summed E-state index contributed by atoms with van der Waals surface area (Å²) in [5, 5.41) is 7.19. The molecule has 1 amide bonds. The van der Waals surface area contributed by atoms with Crippen LogP contribution < -0.4 is 5.32 Å². The van der Waals surface area contributed by atoms with Gasteiger partial charge in [0.2, 0.25) is 0 Å². The van der Waals surface area contributed by atoms with Crippen LogP contribution in [0.15, 0.2) is 54.7 Å². The highest BCUT2D eigenvalue weighted by Crippen LogP contribution is 2.31. The van der Waals surface area contributed by atoms with Crippen LogP contribution in [0.4, 0.5) is 8.78 Å². The molecule has 1 aliphatic rings. The van der Waals surface area contributed by atoms with Gasteiger partial charge >= 0.3 is 0 Å². The van der Waals surface area contributed by atoms with Crippen molar-refractivity contribution in [1.82, 2.24) is 15.1 Å². The van der Waals surface area contributed by atoms with Crippen LogP contribution >= 0.6 is 0 Å². The van der Waals surface area contributed by atoms with Gasteiger partial charge in [-0.2, -0.15) is 5.10 Å². The first-order chi connectivity index (χ1) is 13.6. The summed E-state index contributed by atoms with van der Waals surface area (Å²) in [7, 11) is 0. The Kier molecular flexibility index (Phi) is 4.90. The minimum Gasteiger partial charge on any atom is -0.338 e. The lowest BCUT2D eigenvalue weighted by Crippen LogP contribution is -2.30. The summed E-state index contributed by atoms with van der Waals surface area (Å²) in [6.07, 6.45) is 3.91. The zero-order chi connectivity index (χ0) is 19.5. The lowest BCUT2D eigenvalue weighted by Gasteiger charge is -2.23. The molecule has 28 heavy (non-hydrogen) atoms. The molecule has 0 fully saturated rings. The Morgan fingerprint density at radius 1 is 1.18 bits per heavy atom. The van der Waals surface area contributed by atoms with E-state index in [4.69, 9.17) is 0 Å². The smallest absolute Gasteiger partial charge is 0.296 e. The van der Waals surface area contributed by atoms with E-state index in [1.54, 1.807) is 6.20 Å². The molecule has 1 atom stereocenters. The van der Waals surface area contributed by atoms with Crippen LogP contribution in [-0.2, 0) is 11.2 Å². The van der Waals surface area contributed by atoms with Gasteiger partial charge in [-0.05, 0) is 43.5 Å². The molecule has 0 spiro atoms. The van der Waals surface area contributed by atoms with Crippen LogP contribution in [0.25, 0.3) is 5.69 Å². The summed E-state index contributed by atoms with van der Waals surface area (Å²) in [6.45, 7) is 0. The van der Waals surface area contributed by atoms with Crippen LogP contribution in [0.3, 0.4) is 0 Å². The number of hydrogen-bond acceptors (Lipinski definition) is 2. The Bertz CT molecular complexity index is 1080. The SMILES string of the molecule is O=C(C#Cc1ccccc1)N[C@H]1CCCc2c1cnn2-c1ccc(F)cc1F. The molecule has 0 aliphatic heterocycles. The molecule has 140 valence electrons. The molecule has 0 saturated heterocycles. The van der Waals surface area contributed by atoms with Gasteiger partial charge in [0.05, 0.1) is 12.2 Å². The topological polar surface area (TPSA) is 46.9 Å². The number of benzene rings is 2.